The van der Waals surface area contributed by atoms with Crippen LogP contribution in [-0.4, -0.2) is 42.7 Å². The van der Waals surface area contributed by atoms with Crippen molar-refractivity contribution in [3.8, 4) is 5.75 Å². The standard InChI is InChI=1S/C18H26ClNO3/c1-18(2,3)23-17(21)9-4-14-12-20(13-14)10-11-22-16-7-5-15(19)6-8-16/h5-8,14H,4,9-13H2,1-3H3. The van der Waals surface area contributed by atoms with E-state index >= 15 is 0 Å². The maximum absolute atomic E-state index is 11.7. The molecule has 0 aliphatic carbocycles. The summed E-state index contributed by atoms with van der Waals surface area (Å²) in [6.45, 7) is 9.34. The van der Waals surface area contributed by atoms with Crippen LogP contribution in [-0.2, 0) is 9.53 Å². The fraction of sp³-hybridized carbons (Fsp3) is 0.611. The third kappa shape index (κ3) is 6.80. The van der Waals surface area contributed by atoms with E-state index in [2.05, 4.69) is 4.90 Å². The topological polar surface area (TPSA) is 38.8 Å². The molecule has 4 nitrogen and oxygen atoms in total. The molecule has 2 rings (SSSR count). The highest BCUT2D eigenvalue weighted by Crippen LogP contribution is 2.21. The molecule has 0 aromatic heterocycles. The minimum absolute atomic E-state index is 0.0954. The van der Waals surface area contributed by atoms with Crippen LogP contribution >= 0.6 is 11.6 Å². The van der Waals surface area contributed by atoms with Crippen LogP contribution in [0.25, 0.3) is 0 Å². The summed E-state index contributed by atoms with van der Waals surface area (Å²) >= 11 is 5.83. The Bertz CT molecular complexity index is 504. The van der Waals surface area contributed by atoms with Gasteiger partial charge in [0.05, 0.1) is 0 Å². The van der Waals surface area contributed by atoms with Crippen molar-refractivity contribution in [3.05, 3.63) is 29.3 Å². The molecular weight excluding hydrogens is 314 g/mol. The summed E-state index contributed by atoms with van der Waals surface area (Å²) in [4.78, 5) is 14.0. The maximum atomic E-state index is 11.7. The van der Waals surface area contributed by atoms with Crippen LogP contribution in [0.3, 0.4) is 0 Å². The number of likely N-dealkylation sites (tertiary alicyclic amines) is 1. The van der Waals surface area contributed by atoms with Gasteiger partial charge in [0.25, 0.3) is 0 Å². The molecule has 1 heterocycles. The first kappa shape index (κ1) is 18.1. The van der Waals surface area contributed by atoms with Gasteiger partial charge in [-0.25, -0.2) is 0 Å². The molecule has 23 heavy (non-hydrogen) atoms. The highest BCUT2D eigenvalue weighted by Gasteiger charge is 2.27. The van der Waals surface area contributed by atoms with Crippen molar-refractivity contribution in [1.82, 2.24) is 4.90 Å². The Morgan fingerprint density at radius 2 is 1.91 bits per heavy atom. The molecule has 0 radical (unpaired) electrons. The summed E-state index contributed by atoms with van der Waals surface area (Å²) in [6, 6.07) is 7.41. The number of rotatable bonds is 7. The molecule has 1 aliphatic heterocycles. The minimum Gasteiger partial charge on any atom is -0.492 e. The molecule has 0 spiro atoms. The molecule has 1 saturated heterocycles. The lowest BCUT2D eigenvalue weighted by Crippen LogP contribution is -2.48. The number of nitrogens with zero attached hydrogens (tertiary/aromatic N) is 1. The van der Waals surface area contributed by atoms with Crippen LogP contribution in [0.1, 0.15) is 33.6 Å². The van der Waals surface area contributed by atoms with Crippen molar-refractivity contribution in [2.75, 3.05) is 26.2 Å². The summed E-state index contributed by atoms with van der Waals surface area (Å²) in [7, 11) is 0. The molecule has 1 aromatic rings. The monoisotopic (exact) mass is 339 g/mol. The first-order valence-electron chi connectivity index (χ1n) is 8.14. The van der Waals surface area contributed by atoms with Gasteiger partial charge in [0.15, 0.2) is 0 Å². The second kappa shape index (κ2) is 8.02. The number of hydrogen-bond donors (Lipinski definition) is 0. The zero-order chi connectivity index (χ0) is 16.9. The Labute approximate surface area is 143 Å². The number of carbonyl (C=O) groups is 1. The largest absolute Gasteiger partial charge is 0.492 e. The minimum atomic E-state index is -0.387. The van der Waals surface area contributed by atoms with Crippen molar-refractivity contribution >= 4 is 17.6 Å². The highest BCUT2D eigenvalue weighted by molar-refractivity contribution is 6.30. The summed E-state index contributed by atoms with van der Waals surface area (Å²) in [5.41, 5.74) is -0.387. The van der Waals surface area contributed by atoms with Gasteiger partial charge in [-0.2, -0.15) is 0 Å². The van der Waals surface area contributed by atoms with Crippen molar-refractivity contribution in [3.63, 3.8) is 0 Å². The summed E-state index contributed by atoms with van der Waals surface area (Å²) in [5.74, 6) is 1.34. The van der Waals surface area contributed by atoms with Crippen molar-refractivity contribution < 1.29 is 14.3 Å². The second-order valence-corrected chi connectivity index (χ2v) is 7.49. The smallest absolute Gasteiger partial charge is 0.306 e. The van der Waals surface area contributed by atoms with Crippen LogP contribution in [0.5, 0.6) is 5.75 Å². The van der Waals surface area contributed by atoms with Gasteiger partial charge >= 0.3 is 5.97 Å². The average Bonchev–Trinajstić information content (AvgIpc) is 2.40. The van der Waals surface area contributed by atoms with Crippen LogP contribution in [0.2, 0.25) is 5.02 Å². The molecule has 0 atom stereocenters. The molecule has 5 heteroatoms. The fourth-order valence-electron chi connectivity index (χ4n) is 2.58. The molecule has 1 fully saturated rings. The van der Waals surface area contributed by atoms with E-state index in [-0.39, 0.29) is 11.6 Å². The molecule has 0 amide bonds. The van der Waals surface area contributed by atoms with Gasteiger partial charge in [-0.3, -0.25) is 9.69 Å². The number of hydrogen-bond acceptors (Lipinski definition) is 4. The Balaban J connectivity index is 1.53. The highest BCUT2D eigenvalue weighted by atomic mass is 35.5. The zero-order valence-electron chi connectivity index (χ0n) is 14.2. The van der Waals surface area contributed by atoms with E-state index in [1.807, 2.05) is 45.0 Å². The van der Waals surface area contributed by atoms with Gasteiger partial charge in [0.1, 0.15) is 18.0 Å². The third-order valence-electron chi connectivity index (χ3n) is 3.70. The molecule has 128 valence electrons. The van der Waals surface area contributed by atoms with E-state index < -0.39 is 0 Å². The summed E-state index contributed by atoms with van der Waals surface area (Å²) in [5, 5.41) is 0.716. The van der Waals surface area contributed by atoms with Crippen LogP contribution in [0, 0.1) is 5.92 Å². The number of carbonyl (C=O) groups excluding carboxylic acids is 1. The van der Waals surface area contributed by atoms with Crippen LogP contribution in [0.4, 0.5) is 0 Å². The van der Waals surface area contributed by atoms with E-state index in [4.69, 9.17) is 21.1 Å². The summed E-state index contributed by atoms with van der Waals surface area (Å²) < 4.78 is 11.0. The third-order valence-corrected chi connectivity index (χ3v) is 3.95. The van der Waals surface area contributed by atoms with E-state index in [0.29, 0.717) is 24.0 Å². The van der Waals surface area contributed by atoms with E-state index in [9.17, 15) is 4.79 Å². The Hall–Kier alpha value is -1.26. The lowest BCUT2D eigenvalue weighted by atomic mass is 9.95. The Morgan fingerprint density at radius 3 is 2.52 bits per heavy atom. The van der Waals surface area contributed by atoms with Crippen molar-refractivity contribution in [2.24, 2.45) is 5.92 Å². The van der Waals surface area contributed by atoms with E-state index in [1.165, 1.54) is 0 Å². The number of halogens is 1. The number of ether oxygens (including phenoxy) is 2. The average molecular weight is 340 g/mol. The van der Waals surface area contributed by atoms with Gasteiger partial charge in [0, 0.05) is 31.1 Å². The quantitative estimate of drug-likeness (QED) is 0.709. The van der Waals surface area contributed by atoms with E-state index in [0.717, 1.165) is 31.8 Å². The maximum Gasteiger partial charge on any atom is 0.306 e. The predicted octanol–water partition coefficient (Wildman–Crippen LogP) is 3.77. The second-order valence-electron chi connectivity index (χ2n) is 7.05. The molecular formula is C18H26ClNO3. The Kier molecular flexibility index (Phi) is 6.31. The molecule has 0 N–H and O–H groups in total. The zero-order valence-corrected chi connectivity index (χ0v) is 14.9. The van der Waals surface area contributed by atoms with Gasteiger partial charge in [0.2, 0.25) is 0 Å². The van der Waals surface area contributed by atoms with Gasteiger partial charge in [-0.05, 0) is 57.4 Å². The summed E-state index contributed by atoms with van der Waals surface area (Å²) in [6.07, 6.45) is 1.42. The molecule has 0 unspecified atom stereocenters. The number of benzene rings is 1. The first-order chi connectivity index (χ1) is 10.8. The molecule has 0 bridgehead atoms. The Morgan fingerprint density at radius 1 is 1.26 bits per heavy atom. The van der Waals surface area contributed by atoms with E-state index in [1.54, 1.807) is 0 Å². The number of esters is 1. The predicted molar refractivity (Wildman–Crippen MR) is 92.0 cm³/mol. The fourth-order valence-corrected chi connectivity index (χ4v) is 2.71. The molecule has 1 aromatic carbocycles. The molecule has 0 saturated carbocycles. The molecule has 1 aliphatic rings. The first-order valence-corrected chi connectivity index (χ1v) is 8.52. The van der Waals surface area contributed by atoms with Gasteiger partial charge in [-0.15, -0.1) is 0 Å². The SMILES string of the molecule is CC(C)(C)OC(=O)CCC1CN(CCOc2ccc(Cl)cc2)C1. The van der Waals surface area contributed by atoms with Crippen molar-refractivity contribution in [1.29, 1.82) is 0 Å². The van der Waals surface area contributed by atoms with Crippen molar-refractivity contribution in [2.45, 2.75) is 39.2 Å². The lowest BCUT2D eigenvalue weighted by molar-refractivity contribution is -0.155. The lowest BCUT2D eigenvalue weighted by Gasteiger charge is -2.39. The van der Waals surface area contributed by atoms with Crippen LogP contribution in [0.15, 0.2) is 24.3 Å². The van der Waals surface area contributed by atoms with Gasteiger partial charge in [-0.1, -0.05) is 11.6 Å². The normalized spacial score (nSPS) is 16.0. The van der Waals surface area contributed by atoms with Crippen LogP contribution < -0.4 is 4.74 Å². The van der Waals surface area contributed by atoms with Gasteiger partial charge < -0.3 is 9.47 Å².